The lowest BCUT2D eigenvalue weighted by Crippen LogP contribution is -2.50. The lowest BCUT2D eigenvalue weighted by molar-refractivity contribution is -0.118. The van der Waals surface area contributed by atoms with E-state index in [1.54, 1.807) is 0 Å². The zero-order valence-electron chi connectivity index (χ0n) is 10.7. The second-order valence-electron chi connectivity index (χ2n) is 6.52. The SMILES string of the molecule is CC12CCC(C1)C(C)(C)C2NCCC(N)=O. The van der Waals surface area contributed by atoms with Gasteiger partial charge in [-0.05, 0) is 36.0 Å². The molecule has 16 heavy (non-hydrogen) atoms. The fourth-order valence-corrected chi connectivity index (χ4v) is 4.15. The molecule has 2 rings (SSSR count). The minimum absolute atomic E-state index is 0.210. The van der Waals surface area contributed by atoms with Crippen molar-refractivity contribution in [3.63, 3.8) is 0 Å². The molecule has 3 N–H and O–H groups in total. The molecule has 2 aliphatic carbocycles. The Hall–Kier alpha value is -0.570. The highest BCUT2D eigenvalue weighted by molar-refractivity contribution is 5.73. The van der Waals surface area contributed by atoms with E-state index in [1.165, 1.54) is 19.3 Å². The second-order valence-corrected chi connectivity index (χ2v) is 6.52. The van der Waals surface area contributed by atoms with Gasteiger partial charge in [-0.2, -0.15) is 0 Å². The Kier molecular flexibility index (Phi) is 2.77. The molecule has 3 unspecified atom stereocenters. The molecule has 2 saturated carbocycles. The van der Waals surface area contributed by atoms with Crippen molar-refractivity contribution >= 4 is 5.91 Å². The molecule has 3 nitrogen and oxygen atoms in total. The Labute approximate surface area is 98.2 Å². The van der Waals surface area contributed by atoms with Crippen LogP contribution in [0.3, 0.4) is 0 Å². The summed E-state index contributed by atoms with van der Waals surface area (Å²) >= 11 is 0. The third-order valence-corrected chi connectivity index (χ3v) is 4.99. The first-order chi connectivity index (χ1) is 7.36. The van der Waals surface area contributed by atoms with E-state index < -0.39 is 0 Å². The average Bonchev–Trinajstić information content (AvgIpc) is 2.62. The molecule has 3 atom stereocenters. The normalized spacial score (nSPS) is 40.2. The third-order valence-electron chi connectivity index (χ3n) is 4.99. The van der Waals surface area contributed by atoms with E-state index in [-0.39, 0.29) is 5.91 Å². The summed E-state index contributed by atoms with van der Waals surface area (Å²) in [5.74, 6) is 0.641. The van der Waals surface area contributed by atoms with Gasteiger partial charge in [-0.1, -0.05) is 20.8 Å². The highest BCUT2D eigenvalue weighted by atomic mass is 16.1. The molecule has 0 spiro atoms. The number of nitrogens with two attached hydrogens (primary N) is 1. The van der Waals surface area contributed by atoms with E-state index in [1.807, 2.05) is 0 Å². The van der Waals surface area contributed by atoms with E-state index >= 15 is 0 Å². The Morgan fingerprint density at radius 2 is 2.12 bits per heavy atom. The van der Waals surface area contributed by atoms with Crippen molar-refractivity contribution in [3.05, 3.63) is 0 Å². The van der Waals surface area contributed by atoms with Crippen LogP contribution in [-0.2, 0) is 4.79 Å². The predicted molar refractivity (Wildman–Crippen MR) is 64.8 cm³/mol. The standard InChI is InChI=1S/C13H24N2O/c1-12(2)9-4-6-13(3,8-9)11(12)15-7-5-10(14)16/h9,11,15H,4-8H2,1-3H3,(H2,14,16). The highest BCUT2D eigenvalue weighted by Gasteiger charge is 2.58. The van der Waals surface area contributed by atoms with Crippen LogP contribution in [0.4, 0.5) is 0 Å². The summed E-state index contributed by atoms with van der Waals surface area (Å²) in [5.41, 5.74) is 5.98. The quantitative estimate of drug-likeness (QED) is 0.763. The van der Waals surface area contributed by atoms with Crippen molar-refractivity contribution in [2.75, 3.05) is 6.54 Å². The van der Waals surface area contributed by atoms with Crippen LogP contribution in [0.5, 0.6) is 0 Å². The maximum absolute atomic E-state index is 10.8. The minimum Gasteiger partial charge on any atom is -0.370 e. The van der Waals surface area contributed by atoms with Crippen LogP contribution >= 0.6 is 0 Å². The summed E-state index contributed by atoms with van der Waals surface area (Å²) in [4.78, 5) is 10.8. The molecule has 0 aromatic rings. The molecule has 0 aliphatic heterocycles. The Morgan fingerprint density at radius 3 is 2.62 bits per heavy atom. The van der Waals surface area contributed by atoms with Crippen LogP contribution in [0.2, 0.25) is 0 Å². The number of rotatable bonds is 4. The first kappa shape index (κ1) is 11.9. The molecule has 2 aliphatic rings. The van der Waals surface area contributed by atoms with Gasteiger partial charge in [0.1, 0.15) is 0 Å². The molecule has 0 aromatic heterocycles. The zero-order valence-corrected chi connectivity index (χ0v) is 10.7. The average molecular weight is 224 g/mol. The number of hydrogen-bond acceptors (Lipinski definition) is 2. The predicted octanol–water partition coefficient (Wildman–Crippen LogP) is 1.67. The number of nitrogens with one attached hydrogen (secondary N) is 1. The van der Waals surface area contributed by atoms with Gasteiger partial charge in [0.05, 0.1) is 0 Å². The summed E-state index contributed by atoms with van der Waals surface area (Å²) in [5, 5.41) is 3.57. The van der Waals surface area contributed by atoms with Gasteiger partial charge in [0.2, 0.25) is 5.91 Å². The number of amides is 1. The van der Waals surface area contributed by atoms with Gasteiger partial charge in [0, 0.05) is 19.0 Å². The highest BCUT2D eigenvalue weighted by Crippen LogP contribution is 2.62. The van der Waals surface area contributed by atoms with Gasteiger partial charge >= 0.3 is 0 Å². The smallest absolute Gasteiger partial charge is 0.218 e. The second kappa shape index (κ2) is 3.73. The van der Waals surface area contributed by atoms with Gasteiger partial charge in [-0.3, -0.25) is 4.79 Å². The van der Waals surface area contributed by atoms with E-state index in [2.05, 4.69) is 26.1 Å². The third kappa shape index (κ3) is 1.75. The van der Waals surface area contributed by atoms with E-state index in [0.717, 1.165) is 12.5 Å². The van der Waals surface area contributed by atoms with Crippen molar-refractivity contribution in [1.82, 2.24) is 5.32 Å². The summed E-state index contributed by atoms with van der Waals surface area (Å²) in [7, 11) is 0. The molecule has 1 amide bonds. The summed E-state index contributed by atoms with van der Waals surface area (Å²) in [6.07, 6.45) is 4.49. The summed E-state index contributed by atoms with van der Waals surface area (Å²) < 4.78 is 0. The Morgan fingerprint density at radius 1 is 1.44 bits per heavy atom. The van der Waals surface area contributed by atoms with E-state index in [9.17, 15) is 4.79 Å². The molecular formula is C13H24N2O. The molecule has 0 heterocycles. The number of hydrogen-bond donors (Lipinski definition) is 2. The van der Waals surface area contributed by atoms with Crippen molar-refractivity contribution in [2.45, 2.75) is 52.5 Å². The van der Waals surface area contributed by atoms with Crippen molar-refractivity contribution in [3.8, 4) is 0 Å². The minimum atomic E-state index is -0.210. The fourth-order valence-electron chi connectivity index (χ4n) is 4.15. The molecule has 92 valence electrons. The van der Waals surface area contributed by atoms with Crippen molar-refractivity contribution < 1.29 is 4.79 Å². The van der Waals surface area contributed by atoms with Gasteiger partial charge in [0.25, 0.3) is 0 Å². The topological polar surface area (TPSA) is 55.1 Å². The van der Waals surface area contributed by atoms with Crippen LogP contribution < -0.4 is 11.1 Å². The van der Waals surface area contributed by atoms with Crippen LogP contribution in [-0.4, -0.2) is 18.5 Å². The lowest BCUT2D eigenvalue weighted by atomic mass is 9.68. The molecule has 2 fully saturated rings. The Bertz CT molecular complexity index is 296. The maximum atomic E-state index is 10.8. The van der Waals surface area contributed by atoms with Gasteiger partial charge in [0.15, 0.2) is 0 Å². The number of primary amides is 1. The molecule has 2 bridgehead atoms. The van der Waals surface area contributed by atoms with Crippen LogP contribution in [0.25, 0.3) is 0 Å². The van der Waals surface area contributed by atoms with Gasteiger partial charge in [-0.25, -0.2) is 0 Å². The number of carbonyl (C=O) groups excluding carboxylic acids is 1. The number of fused-ring (bicyclic) bond motifs is 2. The first-order valence-electron chi connectivity index (χ1n) is 6.38. The Balaban J connectivity index is 2.00. The number of carbonyl (C=O) groups is 1. The monoisotopic (exact) mass is 224 g/mol. The largest absolute Gasteiger partial charge is 0.370 e. The maximum Gasteiger partial charge on any atom is 0.218 e. The molecule has 0 radical (unpaired) electrons. The van der Waals surface area contributed by atoms with Gasteiger partial charge in [-0.15, -0.1) is 0 Å². The van der Waals surface area contributed by atoms with Crippen molar-refractivity contribution in [1.29, 1.82) is 0 Å². The summed E-state index contributed by atoms with van der Waals surface area (Å²) in [6.45, 7) is 7.85. The van der Waals surface area contributed by atoms with Gasteiger partial charge < -0.3 is 11.1 Å². The molecular weight excluding hydrogens is 200 g/mol. The lowest BCUT2D eigenvalue weighted by Gasteiger charge is -2.43. The molecule has 0 saturated heterocycles. The fraction of sp³-hybridized carbons (Fsp3) is 0.923. The molecule has 0 aromatic carbocycles. The zero-order chi connectivity index (χ0) is 12.0. The van der Waals surface area contributed by atoms with Crippen LogP contribution in [0.1, 0.15) is 46.5 Å². The summed E-state index contributed by atoms with van der Waals surface area (Å²) in [6, 6.07) is 0.540. The first-order valence-corrected chi connectivity index (χ1v) is 6.38. The van der Waals surface area contributed by atoms with Crippen LogP contribution in [0, 0.1) is 16.7 Å². The van der Waals surface area contributed by atoms with Crippen LogP contribution in [0.15, 0.2) is 0 Å². The van der Waals surface area contributed by atoms with E-state index in [4.69, 9.17) is 5.73 Å². The van der Waals surface area contributed by atoms with Crippen molar-refractivity contribution in [2.24, 2.45) is 22.5 Å². The molecule has 3 heteroatoms. The van der Waals surface area contributed by atoms with E-state index in [0.29, 0.717) is 23.3 Å².